The summed E-state index contributed by atoms with van der Waals surface area (Å²) in [6.07, 6.45) is 7.57. The zero-order chi connectivity index (χ0) is 15.5. The maximum atomic E-state index is 13.0. The summed E-state index contributed by atoms with van der Waals surface area (Å²) in [6, 6.07) is 7.94. The van der Waals surface area contributed by atoms with Gasteiger partial charge in [-0.05, 0) is 43.7 Å². The van der Waals surface area contributed by atoms with Crippen molar-refractivity contribution in [1.29, 1.82) is 0 Å². The quantitative estimate of drug-likeness (QED) is 0.781. The molecule has 0 spiro atoms. The maximum absolute atomic E-state index is 13.0. The highest BCUT2D eigenvalue weighted by Crippen LogP contribution is 2.32. The number of benzene rings is 1. The van der Waals surface area contributed by atoms with Crippen molar-refractivity contribution < 1.29 is 14.7 Å². The molecule has 0 unspecified atom stereocenters. The molecule has 1 aliphatic heterocycles. The number of nitrogens with zero attached hydrogens (tertiary/aromatic N) is 1. The van der Waals surface area contributed by atoms with Gasteiger partial charge in [0.15, 0.2) is 0 Å². The number of carboxylic acids is 1. The van der Waals surface area contributed by atoms with Gasteiger partial charge in [-0.1, -0.05) is 30.4 Å². The minimum Gasteiger partial charge on any atom is -0.550 e. The van der Waals surface area contributed by atoms with Crippen molar-refractivity contribution in [3.63, 3.8) is 0 Å². The van der Waals surface area contributed by atoms with Crippen LogP contribution in [0.4, 0.5) is 5.69 Å². The van der Waals surface area contributed by atoms with Gasteiger partial charge >= 0.3 is 0 Å². The van der Waals surface area contributed by atoms with Crippen molar-refractivity contribution in [2.24, 2.45) is 11.8 Å². The Bertz CT molecular complexity index is 608. The summed E-state index contributed by atoms with van der Waals surface area (Å²) in [4.78, 5) is 26.1. The lowest BCUT2D eigenvalue weighted by Crippen LogP contribution is -2.45. The van der Waals surface area contributed by atoms with Crippen molar-refractivity contribution in [2.75, 3.05) is 11.4 Å². The van der Waals surface area contributed by atoms with Gasteiger partial charge in [0.25, 0.3) is 0 Å². The van der Waals surface area contributed by atoms with E-state index in [0.717, 1.165) is 24.9 Å². The molecule has 0 aromatic heterocycles. The molecule has 116 valence electrons. The molecule has 0 radical (unpaired) electrons. The molecule has 0 saturated carbocycles. The standard InChI is InChI=1S/C18H21NO3/c20-17(14-9-2-3-10-15(14)18(21)22)19-12-6-5-8-13-7-1-4-11-16(13)19/h1-4,7,11,14-15H,5-6,8-10,12H2,(H,21,22)/p-1/t14-,15+/m0/s1. The van der Waals surface area contributed by atoms with Gasteiger partial charge in [-0.15, -0.1) is 0 Å². The normalized spacial score (nSPS) is 24.5. The monoisotopic (exact) mass is 298 g/mol. The van der Waals surface area contributed by atoms with E-state index >= 15 is 0 Å². The van der Waals surface area contributed by atoms with Crippen LogP contribution in [0.5, 0.6) is 0 Å². The number of fused-ring (bicyclic) bond motifs is 1. The number of carboxylic acid groups (broad SMARTS) is 1. The van der Waals surface area contributed by atoms with Gasteiger partial charge in [0.2, 0.25) is 5.91 Å². The number of rotatable bonds is 2. The zero-order valence-corrected chi connectivity index (χ0v) is 12.5. The van der Waals surface area contributed by atoms with Crippen LogP contribution in [0.1, 0.15) is 31.2 Å². The van der Waals surface area contributed by atoms with Gasteiger partial charge in [-0.25, -0.2) is 0 Å². The molecule has 1 amide bonds. The molecule has 2 aliphatic rings. The van der Waals surface area contributed by atoms with Crippen molar-refractivity contribution >= 4 is 17.6 Å². The Labute approximate surface area is 130 Å². The minimum atomic E-state index is -1.12. The number of hydrogen-bond acceptors (Lipinski definition) is 3. The first-order chi connectivity index (χ1) is 10.7. The molecule has 1 heterocycles. The molecular weight excluding hydrogens is 278 g/mol. The number of carbonyl (C=O) groups is 2. The number of amides is 1. The minimum absolute atomic E-state index is 0.0760. The number of aryl methyl sites for hydroxylation is 1. The second kappa shape index (κ2) is 6.34. The molecule has 4 nitrogen and oxygen atoms in total. The molecule has 0 fully saturated rings. The van der Waals surface area contributed by atoms with E-state index in [1.807, 2.05) is 30.4 Å². The maximum Gasteiger partial charge on any atom is 0.231 e. The van der Waals surface area contributed by atoms with Crippen LogP contribution in [0.25, 0.3) is 0 Å². The molecular formula is C18H20NO3-. The fraction of sp³-hybridized carbons (Fsp3) is 0.444. The molecule has 0 N–H and O–H groups in total. The van der Waals surface area contributed by atoms with Crippen LogP contribution in [0, 0.1) is 11.8 Å². The molecule has 2 atom stereocenters. The molecule has 0 bridgehead atoms. The van der Waals surface area contributed by atoms with Crippen LogP contribution < -0.4 is 10.0 Å². The Morgan fingerprint density at radius 3 is 2.55 bits per heavy atom. The lowest BCUT2D eigenvalue weighted by Gasteiger charge is -2.33. The molecule has 0 saturated heterocycles. The summed E-state index contributed by atoms with van der Waals surface area (Å²) in [5.41, 5.74) is 2.11. The Kier molecular flexibility index (Phi) is 4.27. The van der Waals surface area contributed by atoms with E-state index in [2.05, 4.69) is 6.07 Å². The summed E-state index contributed by atoms with van der Waals surface area (Å²) in [5.74, 6) is -2.42. The van der Waals surface area contributed by atoms with E-state index in [9.17, 15) is 14.7 Å². The lowest BCUT2D eigenvalue weighted by molar-refractivity contribution is -0.313. The fourth-order valence-corrected chi connectivity index (χ4v) is 3.47. The highest BCUT2D eigenvalue weighted by atomic mass is 16.4. The van der Waals surface area contributed by atoms with Crippen LogP contribution >= 0.6 is 0 Å². The fourth-order valence-electron chi connectivity index (χ4n) is 3.47. The predicted molar refractivity (Wildman–Crippen MR) is 82.1 cm³/mol. The van der Waals surface area contributed by atoms with Crippen LogP contribution in [0.3, 0.4) is 0 Å². The summed E-state index contributed by atoms with van der Waals surface area (Å²) >= 11 is 0. The number of carbonyl (C=O) groups excluding carboxylic acids is 2. The van der Waals surface area contributed by atoms with Crippen LogP contribution in [-0.2, 0) is 16.0 Å². The predicted octanol–water partition coefficient (Wildman–Crippen LogP) is 1.69. The highest BCUT2D eigenvalue weighted by Gasteiger charge is 2.34. The zero-order valence-electron chi connectivity index (χ0n) is 12.5. The number of allylic oxidation sites excluding steroid dienone is 2. The first-order valence-electron chi connectivity index (χ1n) is 7.93. The third kappa shape index (κ3) is 2.78. The van der Waals surface area contributed by atoms with Crippen molar-refractivity contribution in [3.05, 3.63) is 42.0 Å². The summed E-state index contributed by atoms with van der Waals surface area (Å²) in [5, 5.41) is 11.3. The van der Waals surface area contributed by atoms with E-state index in [1.165, 1.54) is 5.56 Å². The molecule has 1 aromatic rings. The third-order valence-electron chi connectivity index (χ3n) is 4.68. The molecule has 1 aliphatic carbocycles. The van der Waals surface area contributed by atoms with Gasteiger partial charge in [0, 0.05) is 24.1 Å². The average molecular weight is 298 g/mol. The number of para-hydroxylation sites is 1. The van der Waals surface area contributed by atoms with Crippen LogP contribution in [0.15, 0.2) is 36.4 Å². The molecule has 3 rings (SSSR count). The highest BCUT2D eigenvalue weighted by molar-refractivity contribution is 5.98. The van der Waals surface area contributed by atoms with Gasteiger partial charge in [-0.3, -0.25) is 4.79 Å². The Morgan fingerprint density at radius 2 is 1.77 bits per heavy atom. The third-order valence-corrected chi connectivity index (χ3v) is 4.68. The van der Waals surface area contributed by atoms with Crippen molar-refractivity contribution in [2.45, 2.75) is 32.1 Å². The Morgan fingerprint density at radius 1 is 1.05 bits per heavy atom. The SMILES string of the molecule is O=C([O-])[C@@H]1CC=CC[C@@H]1C(=O)N1CCCCc2ccccc21. The Hall–Kier alpha value is -2.10. The van der Waals surface area contributed by atoms with E-state index in [4.69, 9.17) is 0 Å². The van der Waals surface area contributed by atoms with Gasteiger partial charge in [0.05, 0.1) is 5.92 Å². The molecule has 22 heavy (non-hydrogen) atoms. The second-order valence-electron chi connectivity index (χ2n) is 6.05. The summed E-state index contributed by atoms with van der Waals surface area (Å²) < 4.78 is 0. The van der Waals surface area contributed by atoms with Crippen molar-refractivity contribution in [1.82, 2.24) is 0 Å². The van der Waals surface area contributed by atoms with E-state index in [-0.39, 0.29) is 5.91 Å². The van der Waals surface area contributed by atoms with E-state index < -0.39 is 17.8 Å². The van der Waals surface area contributed by atoms with Gasteiger partial charge in [-0.2, -0.15) is 0 Å². The van der Waals surface area contributed by atoms with Gasteiger partial charge < -0.3 is 14.8 Å². The second-order valence-corrected chi connectivity index (χ2v) is 6.05. The smallest absolute Gasteiger partial charge is 0.231 e. The first-order valence-corrected chi connectivity index (χ1v) is 7.93. The number of hydrogen-bond donors (Lipinski definition) is 0. The Balaban J connectivity index is 1.91. The summed E-state index contributed by atoms with van der Waals surface area (Å²) in [7, 11) is 0. The van der Waals surface area contributed by atoms with Crippen LogP contribution in [0.2, 0.25) is 0 Å². The summed E-state index contributed by atoms with van der Waals surface area (Å²) in [6.45, 7) is 0.663. The lowest BCUT2D eigenvalue weighted by atomic mass is 9.82. The van der Waals surface area contributed by atoms with E-state index in [0.29, 0.717) is 19.4 Å². The van der Waals surface area contributed by atoms with Crippen LogP contribution in [-0.4, -0.2) is 18.4 Å². The molecule has 1 aromatic carbocycles. The molecule has 4 heteroatoms. The van der Waals surface area contributed by atoms with E-state index in [1.54, 1.807) is 4.90 Å². The first kappa shape index (κ1) is 14.8. The number of anilines is 1. The largest absolute Gasteiger partial charge is 0.550 e. The van der Waals surface area contributed by atoms with Gasteiger partial charge in [0.1, 0.15) is 0 Å². The number of aliphatic carboxylic acids is 1. The average Bonchev–Trinajstić information content (AvgIpc) is 2.76. The van der Waals surface area contributed by atoms with Crippen molar-refractivity contribution in [3.8, 4) is 0 Å². The topological polar surface area (TPSA) is 60.4 Å².